The van der Waals surface area contributed by atoms with Crippen molar-refractivity contribution < 1.29 is 9.53 Å². The van der Waals surface area contributed by atoms with E-state index in [2.05, 4.69) is 27.9 Å². The molecule has 3 aromatic rings. The van der Waals surface area contributed by atoms with Crippen LogP contribution >= 0.6 is 34.4 Å². The van der Waals surface area contributed by atoms with Crippen molar-refractivity contribution in [2.24, 2.45) is 0 Å². The molecule has 8 heteroatoms. The number of anilines is 1. The number of nitrogens with zero attached hydrogens (tertiary/aromatic N) is 2. The van der Waals surface area contributed by atoms with Crippen molar-refractivity contribution in [2.75, 3.05) is 18.5 Å². The molecule has 0 atom stereocenters. The number of thiazole rings is 2. The minimum Gasteiger partial charge on any atom is -0.462 e. The number of para-hydroxylation sites is 1. The minimum absolute atomic E-state index is 0.327. The van der Waals surface area contributed by atoms with Crippen LogP contribution in [-0.2, 0) is 10.5 Å². The fourth-order valence-electron chi connectivity index (χ4n) is 2.08. The van der Waals surface area contributed by atoms with Crippen LogP contribution in [0, 0.1) is 0 Å². The van der Waals surface area contributed by atoms with Crippen LogP contribution in [0.15, 0.2) is 41.3 Å². The molecule has 0 bridgehead atoms. The van der Waals surface area contributed by atoms with E-state index in [0.717, 1.165) is 20.3 Å². The van der Waals surface area contributed by atoms with Crippen molar-refractivity contribution in [2.45, 2.75) is 17.0 Å². The third kappa shape index (κ3) is 4.39. The molecular formula is C17H17N3O2S3. The van der Waals surface area contributed by atoms with Crippen LogP contribution in [0.5, 0.6) is 0 Å². The van der Waals surface area contributed by atoms with E-state index >= 15 is 0 Å². The number of hydrogen-bond acceptors (Lipinski definition) is 8. The number of hydrogen-bond donors (Lipinski definition) is 1. The van der Waals surface area contributed by atoms with Gasteiger partial charge in [-0.3, -0.25) is 0 Å². The molecule has 1 aromatic carbocycles. The van der Waals surface area contributed by atoms with E-state index in [0.29, 0.717) is 28.9 Å². The van der Waals surface area contributed by atoms with Crippen LogP contribution in [0.3, 0.4) is 0 Å². The lowest BCUT2D eigenvalue weighted by molar-refractivity contribution is 0.0531. The number of rotatable bonds is 8. The van der Waals surface area contributed by atoms with Crippen LogP contribution < -0.4 is 5.32 Å². The smallest absolute Gasteiger partial charge is 0.350 e. The lowest BCUT2D eigenvalue weighted by atomic mass is 10.3. The summed E-state index contributed by atoms with van der Waals surface area (Å²) in [5.41, 5.74) is 1.71. The Morgan fingerprint density at radius 1 is 1.36 bits per heavy atom. The van der Waals surface area contributed by atoms with Gasteiger partial charge in [0, 0.05) is 12.3 Å². The number of aromatic nitrogens is 2. The Kier molecular flexibility index (Phi) is 6.06. The predicted octanol–water partition coefficient (Wildman–Crippen LogP) is 4.82. The molecular weight excluding hydrogens is 374 g/mol. The van der Waals surface area contributed by atoms with E-state index in [4.69, 9.17) is 4.74 Å². The van der Waals surface area contributed by atoms with Crippen LogP contribution in [0.2, 0.25) is 0 Å². The number of benzene rings is 1. The van der Waals surface area contributed by atoms with E-state index in [1.54, 1.807) is 36.1 Å². The largest absolute Gasteiger partial charge is 0.462 e. The minimum atomic E-state index is -0.327. The quantitative estimate of drug-likeness (QED) is 0.337. The lowest BCUT2D eigenvalue weighted by Crippen LogP contribution is -2.05. The van der Waals surface area contributed by atoms with E-state index in [9.17, 15) is 4.79 Å². The molecule has 0 spiro atoms. The maximum atomic E-state index is 12.2. The number of carbonyl (C=O) groups excluding carboxylic acids is 1. The summed E-state index contributed by atoms with van der Waals surface area (Å²) in [6.07, 6.45) is 1.75. The Balaban J connectivity index is 1.78. The normalized spacial score (nSPS) is 10.8. The standard InChI is InChI=1S/C17H17N3O2S3/c1-3-9-18-16-19-12(14(25-16)15(21)22-4-2)10-23-17-20-11-7-5-6-8-13(11)24-17/h3,5-8H,1,4,9-10H2,2H3,(H,18,19). The number of ether oxygens (including phenoxy) is 1. The fraction of sp³-hybridized carbons (Fsp3) is 0.235. The van der Waals surface area contributed by atoms with Crippen molar-refractivity contribution in [3.8, 4) is 0 Å². The van der Waals surface area contributed by atoms with Gasteiger partial charge in [-0.05, 0) is 19.1 Å². The van der Waals surface area contributed by atoms with Gasteiger partial charge in [0.25, 0.3) is 0 Å². The second kappa shape index (κ2) is 8.46. The van der Waals surface area contributed by atoms with Crippen molar-refractivity contribution >= 4 is 55.8 Å². The third-order valence-electron chi connectivity index (χ3n) is 3.16. The van der Waals surface area contributed by atoms with Gasteiger partial charge >= 0.3 is 5.97 Å². The highest BCUT2D eigenvalue weighted by atomic mass is 32.2. The molecule has 0 saturated carbocycles. The van der Waals surface area contributed by atoms with Crippen molar-refractivity contribution in [1.29, 1.82) is 0 Å². The summed E-state index contributed by atoms with van der Waals surface area (Å²) in [6.45, 7) is 6.42. The van der Waals surface area contributed by atoms with Gasteiger partial charge < -0.3 is 10.1 Å². The second-order valence-electron chi connectivity index (χ2n) is 4.92. The summed E-state index contributed by atoms with van der Waals surface area (Å²) >= 11 is 4.54. The highest BCUT2D eigenvalue weighted by molar-refractivity contribution is 8.00. The monoisotopic (exact) mass is 391 g/mol. The lowest BCUT2D eigenvalue weighted by Gasteiger charge is -2.00. The first-order valence-corrected chi connectivity index (χ1v) is 10.3. The summed E-state index contributed by atoms with van der Waals surface area (Å²) in [4.78, 5) is 21.9. The highest BCUT2D eigenvalue weighted by Gasteiger charge is 2.20. The SMILES string of the molecule is C=CCNc1nc(CSc2nc3ccccc3s2)c(C(=O)OCC)s1. The predicted molar refractivity (Wildman–Crippen MR) is 106 cm³/mol. The number of esters is 1. The fourth-order valence-corrected chi connectivity index (χ4v) is 5.07. The molecule has 0 unspecified atom stereocenters. The average molecular weight is 392 g/mol. The summed E-state index contributed by atoms with van der Waals surface area (Å²) in [6, 6.07) is 8.04. The van der Waals surface area contributed by atoms with Gasteiger partial charge in [-0.25, -0.2) is 14.8 Å². The molecule has 0 fully saturated rings. The Bertz CT molecular complexity index is 855. The van der Waals surface area contributed by atoms with Crippen molar-refractivity contribution in [3.05, 3.63) is 47.5 Å². The molecule has 0 amide bonds. The molecule has 5 nitrogen and oxygen atoms in total. The molecule has 2 aromatic heterocycles. The summed E-state index contributed by atoms with van der Waals surface area (Å²) in [5, 5.41) is 3.83. The van der Waals surface area contributed by atoms with E-state index < -0.39 is 0 Å². The van der Waals surface area contributed by atoms with Crippen molar-refractivity contribution in [3.63, 3.8) is 0 Å². The number of carbonyl (C=O) groups is 1. The zero-order chi connectivity index (χ0) is 17.6. The highest BCUT2D eigenvalue weighted by Crippen LogP contribution is 2.34. The number of thioether (sulfide) groups is 1. The number of fused-ring (bicyclic) bond motifs is 1. The van der Waals surface area contributed by atoms with Gasteiger partial charge in [0.1, 0.15) is 4.88 Å². The molecule has 0 radical (unpaired) electrons. The van der Waals surface area contributed by atoms with Crippen LogP contribution in [0.25, 0.3) is 10.2 Å². The van der Waals surface area contributed by atoms with Crippen molar-refractivity contribution in [1.82, 2.24) is 9.97 Å². The molecule has 0 aliphatic heterocycles. The van der Waals surface area contributed by atoms with Gasteiger partial charge in [-0.15, -0.1) is 17.9 Å². The molecule has 2 heterocycles. The van der Waals surface area contributed by atoms with E-state index in [1.807, 2.05) is 18.2 Å². The van der Waals surface area contributed by atoms with Gasteiger partial charge in [-0.2, -0.15) is 0 Å². The van der Waals surface area contributed by atoms with Gasteiger partial charge in [-0.1, -0.05) is 41.3 Å². The number of nitrogens with one attached hydrogen (secondary N) is 1. The first-order chi connectivity index (χ1) is 12.2. The van der Waals surface area contributed by atoms with Gasteiger partial charge in [0.05, 0.1) is 22.5 Å². The summed E-state index contributed by atoms with van der Waals surface area (Å²) in [7, 11) is 0. The van der Waals surface area contributed by atoms with Gasteiger partial charge in [0.2, 0.25) is 0 Å². The topological polar surface area (TPSA) is 64.1 Å². The zero-order valence-electron chi connectivity index (χ0n) is 13.7. The Hall–Kier alpha value is -1.90. The molecule has 0 aliphatic rings. The van der Waals surface area contributed by atoms with E-state index in [-0.39, 0.29) is 5.97 Å². The first kappa shape index (κ1) is 17.9. The Labute approximate surface area is 158 Å². The molecule has 130 valence electrons. The first-order valence-electron chi connectivity index (χ1n) is 7.71. The molecule has 0 saturated heterocycles. The van der Waals surface area contributed by atoms with Gasteiger partial charge in [0.15, 0.2) is 9.47 Å². The van der Waals surface area contributed by atoms with Crippen LogP contribution in [0.4, 0.5) is 5.13 Å². The van der Waals surface area contributed by atoms with Crippen LogP contribution in [-0.4, -0.2) is 29.1 Å². The Morgan fingerprint density at radius 2 is 2.20 bits per heavy atom. The second-order valence-corrected chi connectivity index (χ2v) is 8.17. The molecule has 0 aliphatic carbocycles. The zero-order valence-corrected chi connectivity index (χ0v) is 16.1. The average Bonchev–Trinajstić information content (AvgIpc) is 3.21. The Morgan fingerprint density at radius 3 is 2.96 bits per heavy atom. The maximum Gasteiger partial charge on any atom is 0.350 e. The maximum absolute atomic E-state index is 12.2. The summed E-state index contributed by atoms with van der Waals surface area (Å²) in [5.74, 6) is 0.242. The third-order valence-corrected chi connectivity index (χ3v) is 6.39. The van der Waals surface area contributed by atoms with Crippen LogP contribution in [0.1, 0.15) is 22.3 Å². The van der Waals surface area contributed by atoms with E-state index in [1.165, 1.54) is 11.3 Å². The molecule has 25 heavy (non-hydrogen) atoms. The summed E-state index contributed by atoms with van der Waals surface area (Å²) < 4.78 is 7.27. The molecule has 3 rings (SSSR count). The molecule has 1 N–H and O–H groups in total.